The molecule has 1 heterocycles. The van der Waals surface area contributed by atoms with Crippen molar-refractivity contribution in [1.29, 1.82) is 0 Å². The van der Waals surface area contributed by atoms with Crippen LogP contribution in [0.25, 0.3) is 17.0 Å². The lowest BCUT2D eigenvalue weighted by Gasteiger charge is -2.19. The summed E-state index contributed by atoms with van der Waals surface area (Å²) in [5.41, 5.74) is 1.89. The Morgan fingerprint density at radius 3 is 2.64 bits per heavy atom. The van der Waals surface area contributed by atoms with Gasteiger partial charge in [-0.25, -0.2) is 4.79 Å². The number of ketones is 1. The van der Waals surface area contributed by atoms with Crippen molar-refractivity contribution in [2.45, 2.75) is 26.4 Å². The molecule has 0 bridgehead atoms. The zero-order valence-corrected chi connectivity index (χ0v) is 16.2. The molecule has 5 nitrogen and oxygen atoms in total. The summed E-state index contributed by atoms with van der Waals surface area (Å²) in [6.45, 7) is 5.18. The van der Waals surface area contributed by atoms with Gasteiger partial charge in [0, 0.05) is 22.7 Å². The number of hydrogen-bond donors (Lipinski definition) is 1. The van der Waals surface area contributed by atoms with E-state index in [4.69, 9.17) is 9.47 Å². The lowest BCUT2D eigenvalue weighted by molar-refractivity contribution is -0.157. The van der Waals surface area contributed by atoms with Crippen molar-refractivity contribution in [3.8, 4) is 5.75 Å². The van der Waals surface area contributed by atoms with Crippen molar-refractivity contribution < 1.29 is 19.1 Å². The molecule has 0 aliphatic heterocycles. The third-order valence-corrected chi connectivity index (χ3v) is 3.93. The number of hydrogen-bond acceptors (Lipinski definition) is 4. The van der Waals surface area contributed by atoms with Gasteiger partial charge in [0.1, 0.15) is 11.4 Å². The van der Waals surface area contributed by atoms with E-state index in [0.717, 1.165) is 16.5 Å². The first kappa shape index (κ1) is 19.4. The second-order valence-corrected chi connectivity index (χ2v) is 7.39. The molecule has 3 rings (SSSR count). The number of allylic oxidation sites excluding steroid dienone is 1. The fourth-order valence-electron chi connectivity index (χ4n) is 2.75. The third kappa shape index (κ3) is 5.10. The van der Waals surface area contributed by atoms with Gasteiger partial charge in [0.05, 0.1) is 0 Å². The number of ether oxygens (including phenoxy) is 2. The highest BCUT2D eigenvalue weighted by Crippen LogP contribution is 2.20. The van der Waals surface area contributed by atoms with Gasteiger partial charge >= 0.3 is 5.97 Å². The number of carbonyl (C=O) groups is 2. The summed E-state index contributed by atoms with van der Waals surface area (Å²) in [5.74, 6) is -0.159. The molecule has 3 aromatic rings. The van der Waals surface area contributed by atoms with Crippen molar-refractivity contribution in [3.05, 3.63) is 71.9 Å². The Morgan fingerprint density at radius 1 is 1.07 bits per heavy atom. The van der Waals surface area contributed by atoms with E-state index in [-0.39, 0.29) is 12.4 Å². The van der Waals surface area contributed by atoms with Gasteiger partial charge in [-0.15, -0.1) is 0 Å². The standard InChI is InChI=1S/C23H23NO4/c1-23(2,3)28-22(26)15-27-18-8-6-7-16(13-18)21(25)12-11-17-14-24-20-10-5-4-9-19(17)20/h4-14,24H,15H2,1-3H3/b12-11+. The SMILES string of the molecule is CC(C)(C)OC(=O)COc1cccc(C(=O)/C=C/c2c[nH]c3ccccc23)c1. The van der Waals surface area contributed by atoms with E-state index in [1.165, 1.54) is 6.08 Å². The number of esters is 1. The number of rotatable bonds is 6. The number of nitrogens with one attached hydrogen (secondary N) is 1. The van der Waals surface area contributed by atoms with Gasteiger partial charge < -0.3 is 14.5 Å². The van der Waals surface area contributed by atoms with E-state index >= 15 is 0 Å². The second kappa shape index (κ2) is 8.13. The van der Waals surface area contributed by atoms with Crippen LogP contribution < -0.4 is 4.74 Å². The van der Waals surface area contributed by atoms with Crippen molar-refractivity contribution in [2.24, 2.45) is 0 Å². The highest BCUT2D eigenvalue weighted by Gasteiger charge is 2.16. The first-order valence-electron chi connectivity index (χ1n) is 9.05. The average molecular weight is 377 g/mol. The van der Waals surface area contributed by atoms with Crippen LogP contribution in [0.5, 0.6) is 5.75 Å². The topological polar surface area (TPSA) is 68.4 Å². The number of fused-ring (bicyclic) bond motifs is 1. The number of benzene rings is 2. The number of aromatic nitrogens is 1. The Kier molecular flexibility index (Phi) is 5.64. The molecule has 0 radical (unpaired) electrons. The molecule has 28 heavy (non-hydrogen) atoms. The molecular formula is C23H23NO4. The quantitative estimate of drug-likeness (QED) is 0.381. The van der Waals surface area contributed by atoms with E-state index in [1.54, 1.807) is 51.1 Å². The summed E-state index contributed by atoms with van der Waals surface area (Å²) >= 11 is 0. The predicted molar refractivity (Wildman–Crippen MR) is 109 cm³/mol. The highest BCUT2D eigenvalue weighted by molar-refractivity contribution is 6.08. The molecule has 0 unspecified atom stereocenters. The van der Waals surface area contributed by atoms with Gasteiger partial charge in [0.15, 0.2) is 12.4 Å². The van der Waals surface area contributed by atoms with E-state index in [9.17, 15) is 9.59 Å². The maximum absolute atomic E-state index is 12.5. The number of para-hydroxylation sites is 1. The summed E-state index contributed by atoms with van der Waals surface area (Å²) in [7, 11) is 0. The minimum Gasteiger partial charge on any atom is -0.482 e. The molecule has 0 saturated carbocycles. The molecule has 0 aliphatic rings. The van der Waals surface area contributed by atoms with Crippen LogP contribution in [0.3, 0.4) is 0 Å². The molecule has 1 aromatic heterocycles. The van der Waals surface area contributed by atoms with Crippen LogP contribution in [-0.2, 0) is 9.53 Å². The summed E-state index contributed by atoms with van der Waals surface area (Å²) in [5, 5.41) is 1.06. The minimum absolute atomic E-state index is 0.145. The number of H-pyrrole nitrogens is 1. The minimum atomic E-state index is -0.564. The van der Waals surface area contributed by atoms with Gasteiger partial charge in [-0.3, -0.25) is 4.79 Å². The zero-order chi connectivity index (χ0) is 20.1. The Bertz CT molecular complexity index is 1020. The summed E-state index contributed by atoms with van der Waals surface area (Å²) in [6.07, 6.45) is 5.19. The van der Waals surface area contributed by atoms with Gasteiger partial charge in [0.2, 0.25) is 0 Å². The Hall–Kier alpha value is -3.34. The van der Waals surface area contributed by atoms with Gasteiger partial charge in [-0.2, -0.15) is 0 Å². The highest BCUT2D eigenvalue weighted by atomic mass is 16.6. The first-order chi connectivity index (χ1) is 13.3. The van der Waals surface area contributed by atoms with Gasteiger partial charge in [0.25, 0.3) is 0 Å². The summed E-state index contributed by atoms with van der Waals surface area (Å²) in [6, 6.07) is 14.7. The number of carbonyl (C=O) groups excluding carboxylic acids is 2. The Labute approximate surface area is 164 Å². The van der Waals surface area contributed by atoms with Crippen LogP contribution >= 0.6 is 0 Å². The van der Waals surface area contributed by atoms with E-state index in [1.807, 2.05) is 30.5 Å². The van der Waals surface area contributed by atoms with Crippen molar-refractivity contribution >= 4 is 28.7 Å². The molecule has 0 fully saturated rings. The molecule has 0 aliphatic carbocycles. The molecule has 0 amide bonds. The van der Waals surface area contributed by atoms with Crippen LogP contribution in [0, 0.1) is 0 Å². The summed E-state index contributed by atoms with van der Waals surface area (Å²) in [4.78, 5) is 27.5. The second-order valence-electron chi connectivity index (χ2n) is 7.39. The van der Waals surface area contributed by atoms with E-state index in [2.05, 4.69) is 4.98 Å². The van der Waals surface area contributed by atoms with Crippen LogP contribution in [0.15, 0.2) is 60.8 Å². The third-order valence-electron chi connectivity index (χ3n) is 3.93. The molecule has 2 aromatic carbocycles. The Morgan fingerprint density at radius 2 is 1.86 bits per heavy atom. The van der Waals surface area contributed by atoms with Crippen molar-refractivity contribution in [1.82, 2.24) is 4.98 Å². The molecule has 0 saturated heterocycles. The lowest BCUT2D eigenvalue weighted by Crippen LogP contribution is -2.27. The van der Waals surface area contributed by atoms with Crippen molar-refractivity contribution in [2.75, 3.05) is 6.61 Å². The maximum Gasteiger partial charge on any atom is 0.344 e. The maximum atomic E-state index is 12.5. The normalized spacial score (nSPS) is 11.7. The fourth-order valence-corrected chi connectivity index (χ4v) is 2.75. The summed E-state index contributed by atoms with van der Waals surface area (Å²) < 4.78 is 10.7. The fraction of sp³-hybridized carbons (Fsp3) is 0.217. The molecule has 5 heteroatoms. The molecular weight excluding hydrogens is 354 g/mol. The molecule has 1 N–H and O–H groups in total. The molecule has 0 spiro atoms. The van der Waals surface area contributed by atoms with Gasteiger partial charge in [-0.05, 0) is 56.7 Å². The monoisotopic (exact) mass is 377 g/mol. The van der Waals surface area contributed by atoms with E-state index < -0.39 is 11.6 Å². The molecule has 0 atom stereocenters. The smallest absolute Gasteiger partial charge is 0.344 e. The van der Waals surface area contributed by atoms with Crippen LogP contribution in [0.1, 0.15) is 36.7 Å². The number of aromatic amines is 1. The van der Waals surface area contributed by atoms with Crippen LogP contribution in [-0.4, -0.2) is 28.9 Å². The lowest BCUT2D eigenvalue weighted by atomic mass is 10.1. The largest absolute Gasteiger partial charge is 0.482 e. The molecule has 144 valence electrons. The Balaban J connectivity index is 1.66. The van der Waals surface area contributed by atoms with Gasteiger partial charge in [-0.1, -0.05) is 30.3 Å². The van der Waals surface area contributed by atoms with E-state index in [0.29, 0.717) is 11.3 Å². The van der Waals surface area contributed by atoms with Crippen LogP contribution in [0.2, 0.25) is 0 Å². The zero-order valence-electron chi connectivity index (χ0n) is 16.2. The first-order valence-corrected chi connectivity index (χ1v) is 9.05. The van der Waals surface area contributed by atoms with Crippen molar-refractivity contribution in [3.63, 3.8) is 0 Å². The van der Waals surface area contributed by atoms with Crippen LogP contribution in [0.4, 0.5) is 0 Å². The average Bonchev–Trinajstić information content (AvgIpc) is 3.06. The predicted octanol–water partition coefficient (Wildman–Crippen LogP) is 4.78.